The van der Waals surface area contributed by atoms with Crippen molar-refractivity contribution in [3.8, 4) is 16.9 Å². The molecular formula is C16H21NaO5S. The molecule has 0 aliphatic carbocycles. The first-order chi connectivity index (χ1) is 10.3. The molecular weight excluding hydrogens is 327 g/mol. The monoisotopic (exact) mass is 348 g/mol. The van der Waals surface area contributed by atoms with Crippen LogP contribution < -0.4 is 29.6 Å². The number of rotatable bonds is 4. The van der Waals surface area contributed by atoms with E-state index in [1.54, 1.807) is 12.1 Å². The average Bonchev–Trinajstić information content (AvgIpc) is 2.45. The number of phenolic OH excluding ortho intramolecular Hbond substituents is 1. The van der Waals surface area contributed by atoms with Crippen molar-refractivity contribution < 1.29 is 53.6 Å². The molecule has 0 aromatic heterocycles. The largest absolute Gasteiger partial charge is 1.00 e. The smallest absolute Gasteiger partial charge is 1.00 e. The zero-order valence-corrected chi connectivity index (χ0v) is 16.1. The summed E-state index contributed by atoms with van der Waals surface area (Å²) in [7, 11) is -4.67. The van der Waals surface area contributed by atoms with E-state index < -0.39 is 10.4 Å². The zero-order valence-electron chi connectivity index (χ0n) is 14.3. The van der Waals surface area contributed by atoms with Crippen LogP contribution in [0.2, 0.25) is 0 Å². The fourth-order valence-corrected chi connectivity index (χ4v) is 1.90. The summed E-state index contributed by atoms with van der Waals surface area (Å²) < 4.78 is 31.6. The number of hydrogen-bond donors (Lipinski definition) is 3. The molecule has 3 N–H and O–H groups in total. The number of unbranched alkanes of at least 4 members (excludes halogenated alkanes) is 1. The Balaban J connectivity index is 0. The normalized spacial score (nSPS) is 10.2. The van der Waals surface area contributed by atoms with Gasteiger partial charge >= 0.3 is 40.0 Å². The van der Waals surface area contributed by atoms with Crippen LogP contribution >= 0.6 is 0 Å². The van der Waals surface area contributed by atoms with E-state index in [0.717, 1.165) is 12.0 Å². The Labute approximate surface area is 160 Å². The van der Waals surface area contributed by atoms with Gasteiger partial charge in [-0.15, -0.1) is 0 Å². The van der Waals surface area contributed by atoms with Crippen LogP contribution in [0.4, 0.5) is 0 Å². The molecule has 0 bridgehead atoms. The summed E-state index contributed by atoms with van der Waals surface area (Å²) in [6, 6.07) is 16.0. The minimum absolute atomic E-state index is 0. The van der Waals surface area contributed by atoms with Crippen molar-refractivity contribution in [2.24, 2.45) is 0 Å². The van der Waals surface area contributed by atoms with Gasteiger partial charge in [0.05, 0.1) is 0 Å². The molecule has 2 aromatic carbocycles. The van der Waals surface area contributed by atoms with Crippen molar-refractivity contribution in [3.63, 3.8) is 0 Å². The maximum Gasteiger partial charge on any atom is 1.00 e. The molecule has 0 saturated carbocycles. The first-order valence-electron chi connectivity index (χ1n) is 6.88. The van der Waals surface area contributed by atoms with Crippen LogP contribution in [0.1, 0.15) is 26.8 Å². The van der Waals surface area contributed by atoms with Crippen LogP contribution in [0.25, 0.3) is 11.1 Å². The number of phenols is 1. The first-order valence-corrected chi connectivity index (χ1v) is 8.27. The second kappa shape index (κ2) is 10.8. The molecule has 5 nitrogen and oxygen atoms in total. The maximum atomic E-state index is 9.24. The van der Waals surface area contributed by atoms with E-state index in [-0.39, 0.29) is 31.0 Å². The van der Waals surface area contributed by atoms with Crippen LogP contribution in [0.3, 0.4) is 0 Å². The molecule has 0 fully saturated rings. The maximum absolute atomic E-state index is 9.24. The zero-order chi connectivity index (χ0) is 16.6. The molecule has 122 valence electrons. The minimum atomic E-state index is -4.67. The van der Waals surface area contributed by atoms with Gasteiger partial charge in [-0.2, -0.15) is 8.42 Å². The third-order valence-corrected chi connectivity index (χ3v) is 2.97. The first kappa shape index (κ1) is 22.1. The summed E-state index contributed by atoms with van der Waals surface area (Å²) >= 11 is 0. The second-order valence-corrected chi connectivity index (χ2v) is 5.69. The van der Waals surface area contributed by atoms with Crippen LogP contribution in [0.5, 0.6) is 5.75 Å². The van der Waals surface area contributed by atoms with Crippen LogP contribution in [0.15, 0.2) is 48.5 Å². The molecule has 0 aliphatic heterocycles. The van der Waals surface area contributed by atoms with E-state index >= 15 is 0 Å². The molecule has 0 amide bonds. The Hall–Kier alpha value is -0.890. The van der Waals surface area contributed by atoms with Gasteiger partial charge in [0, 0.05) is 0 Å². The van der Waals surface area contributed by atoms with Crippen molar-refractivity contribution in [1.29, 1.82) is 0 Å². The molecule has 0 unspecified atom stereocenters. The quantitative estimate of drug-likeness (QED) is 0.563. The van der Waals surface area contributed by atoms with Gasteiger partial charge in [0.15, 0.2) is 0 Å². The summed E-state index contributed by atoms with van der Waals surface area (Å²) in [5.41, 5.74) is 3.74. The molecule has 7 heteroatoms. The van der Waals surface area contributed by atoms with Gasteiger partial charge in [0.25, 0.3) is 0 Å². The number of aromatic hydroxyl groups is 1. The Morgan fingerprint density at radius 2 is 1.30 bits per heavy atom. The number of benzene rings is 2. The summed E-state index contributed by atoms with van der Waals surface area (Å²) in [5.74, 6) is 0.313. The third kappa shape index (κ3) is 10.5. The SMILES string of the molecule is CCCCc1ccc(-c2ccc(O)cc2)cc1.O=S(=O)(O)O.[H-].[Na+]. The van der Waals surface area contributed by atoms with Gasteiger partial charge in [0.2, 0.25) is 0 Å². The van der Waals surface area contributed by atoms with E-state index in [9.17, 15) is 5.11 Å². The molecule has 2 rings (SSSR count). The van der Waals surface area contributed by atoms with Gasteiger partial charge in [-0.25, -0.2) is 0 Å². The third-order valence-electron chi connectivity index (χ3n) is 2.97. The molecule has 0 aliphatic rings. The Bertz CT molecular complexity index is 665. The van der Waals surface area contributed by atoms with E-state index in [1.807, 2.05) is 12.1 Å². The van der Waals surface area contributed by atoms with Crippen LogP contribution in [-0.4, -0.2) is 22.6 Å². The van der Waals surface area contributed by atoms with E-state index in [0.29, 0.717) is 5.75 Å². The second-order valence-electron chi connectivity index (χ2n) is 4.80. The summed E-state index contributed by atoms with van der Waals surface area (Å²) in [6.07, 6.45) is 3.64. The average molecular weight is 348 g/mol. The molecule has 0 spiro atoms. The Kier molecular flexibility index (Phi) is 10.4. The van der Waals surface area contributed by atoms with Gasteiger partial charge in [-0.3, -0.25) is 9.11 Å². The summed E-state index contributed by atoms with van der Waals surface area (Å²) in [6.45, 7) is 2.21. The fourth-order valence-electron chi connectivity index (χ4n) is 1.90. The van der Waals surface area contributed by atoms with Crippen molar-refractivity contribution >= 4 is 10.4 Å². The summed E-state index contributed by atoms with van der Waals surface area (Å²) in [4.78, 5) is 0. The van der Waals surface area contributed by atoms with Crippen molar-refractivity contribution in [3.05, 3.63) is 54.1 Å². The van der Waals surface area contributed by atoms with Crippen LogP contribution in [-0.2, 0) is 16.8 Å². The molecule has 23 heavy (non-hydrogen) atoms. The van der Waals surface area contributed by atoms with E-state index in [1.165, 1.54) is 24.0 Å². The van der Waals surface area contributed by atoms with Gasteiger partial charge in [-0.1, -0.05) is 49.7 Å². The van der Waals surface area contributed by atoms with Crippen molar-refractivity contribution in [2.45, 2.75) is 26.2 Å². The number of hydrogen-bond acceptors (Lipinski definition) is 3. The molecule has 0 heterocycles. The van der Waals surface area contributed by atoms with Crippen molar-refractivity contribution in [2.75, 3.05) is 0 Å². The van der Waals surface area contributed by atoms with Gasteiger partial charge in [0.1, 0.15) is 5.75 Å². The topological polar surface area (TPSA) is 94.8 Å². The van der Waals surface area contributed by atoms with E-state index in [2.05, 4.69) is 31.2 Å². The van der Waals surface area contributed by atoms with Crippen molar-refractivity contribution in [1.82, 2.24) is 0 Å². The molecule has 2 aromatic rings. The molecule has 0 radical (unpaired) electrons. The predicted molar refractivity (Wildman–Crippen MR) is 87.4 cm³/mol. The summed E-state index contributed by atoms with van der Waals surface area (Å²) in [5, 5.41) is 9.24. The number of aryl methyl sites for hydroxylation is 1. The minimum Gasteiger partial charge on any atom is -1.00 e. The van der Waals surface area contributed by atoms with E-state index in [4.69, 9.17) is 17.5 Å². The molecule has 0 saturated heterocycles. The van der Waals surface area contributed by atoms with Crippen LogP contribution in [0, 0.1) is 0 Å². The van der Waals surface area contributed by atoms with Gasteiger partial charge in [-0.05, 0) is 41.7 Å². The predicted octanol–water partition coefficient (Wildman–Crippen LogP) is 0.866. The standard InChI is InChI=1S/C16H18O.Na.H2O4S.H/c1-2-3-4-13-5-7-14(8-6-13)15-9-11-16(17)12-10-15;;1-5(2,3)4;/h5-12,17H,2-4H2,1H3;;(H2,1,2,3,4);/q;+1;;-1. The Morgan fingerprint density at radius 1 is 0.913 bits per heavy atom. The fraction of sp³-hybridized carbons (Fsp3) is 0.250. The van der Waals surface area contributed by atoms with Gasteiger partial charge < -0.3 is 6.53 Å². The molecule has 0 atom stereocenters. The Morgan fingerprint density at radius 3 is 1.70 bits per heavy atom.